The second-order valence-corrected chi connectivity index (χ2v) is 15.7. The molecule has 3 aliphatic rings. The average Bonchev–Trinajstić information content (AvgIpc) is 4.01. The molecule has 3 aromatic carbocycles. The zero-order valence-corrected chi connectivity index (χ0v) is 32.9. The molecule has 3 amide bonds. The standard InChI is InChI=1S/C42H50N8O7/c1-23(2)35(47-41(53)54-5)39(51)49-18-6-8-33(49)37-43-29-16-12-26(20-31(29)45-37)25-10-13-27(14-11-25)57-28-15-17-30-32(21-28)46-38(44-30)34-9-7-19-50(34)40(52)36(24(3)4)48-42-55-22-56-42/h10-17,20-21,23-24,33-36,42,48H,6-9,18-19,22H2,1-5H3,(H,43,45)(H,44,46)(H,47,53)/t33-,34-,35-,36-/m0/s1. The number of hydrogen-bond donors (Lipinski definition) is 4. The van der Waals surface area contributed by atoms with Gasteiger partial charge in [0.15, 0.2) is 6.79 Å². The number of amides is 3. The maximum absolute atomic E-state index is 13.7. The van der Waals surface area contributed by atoms with E-state index in [0.717, 1.165) is 70.5 Å². The van der Waals surface area contributed by atoms with E-state index in [0.29, 0.717) is 24.6 Å². The third kappa shape index (κ3) is 7.91. The predicted octanol–water partition coefficient (Wildman–Crippen LogP) is 6.51. The van der Waals surface area contributed by atoms with Gasteiger partial charge in [-0.15, -0.1) is 0 Å². The smallest absolute Gasteiger partial charge is 0.407 e. The average molecular weight is 779 g/mol. The maximum atomic E-state index is 13.7. The van der Waals surface area contributed by atoms with Crippen molar-refractivity contribution in [1.29, 1.82) is 0 Å². The van der Waals surface area contributed by atoms with Crippen molar-refractivity contribution < 1.29 is 33.3 Å². The molecule has 0 bridgehead atoms. The number of carbonyl (C=O) groups excluding carboxylic acids is 3. The molecular formula is C42H50N8O7. The van der Waals surface area contributed by atoms with Crippen LogP contribution in [0.1, 0.15) is 77.1 Å². The van der Waals surface area contributed by atoms with E-state index < -0.39 is 24.6 Å². The Kier molecular flexibility index (Phi) is 10.9. The van der Waals surface area contributed by atoms with E-state index in [1.54, 1.807) is 0 Å². The van der Waals surface area contributed by atoms with Crippen LogP contribution < -0.4 is 15.4 Å². The highest BCUT2D eigenvalue weighted by atomic mass is 16.9. The fraction of sp³-hybridized carbons (Fsp3) is 0.452. The molecule has 15 heteroatoms. The lowest BCUT2D eigenvalue weighted by atomic mass is 10.0. The Morgan fingerprint density at radius 1 is 0.737 bits per heavy atom. The number of likely N-dealkylation sites (tertiary alicyclic amines) is 2. The van der Waals surface area contributed by atoms with Gasteiger partial charge in [-0.25, -0.2) is 14.8 Å². The summed E-state index contributed by atoms with van der Waals surface area (Å²) in [5, 5.41) is 5.90. The highest BCUT2D eigenvalue weighted by Crippen LogP contribution is 2.36. The lowest BCUT2D eigenvalue weighted by molar-refractivity contribution is -0.335. The zero-order valence-electron chi connectivity index (χ0n) is 32.9. The van der Waals surface area contributed by atoms with Crippen LogP contribution in [-0.2, 0) is 23.8 Å². The molecule has 3 fully saturated rings. The number of carbonyl (C=O) groups is 3. The zero-order chi connectivity index (χ0) is 39.8. The van der Waals surface area contributed by atoms with E-state index in [-0.39, 0.29) is 42.5 Å². The van der Waals surface area contributed by atoms with E-state index in [9.17, 15) is 14.4 Å². The van der Waals surface area contributed by atoms with Gasteiger partial charge in [-0.1, -0.05) is 45.9 Å². The number of H-pyrrole nitrogens is 2. The quantitative estimate of drug-likeness (QED) is 0.109. The number of benzene rings is 3. The van der Waals surface area contributed by atoms with Crippen LogP contribution in [0.2, 0.25) is 0 Å². The van der Waals surface area contributed by atoms with Crippen molar-refractivity contribution in [2.75, 3.05) is 27.0 Å². The molecule has 0 saturated carbocycles. The van der Waals surface area contributed by atoms with Crippen LogP contribution >= 0.6 is 0 Å². The Hall–Kier alpha value is -5.51. The third-order valence-corrected chi connectivity index (χ3v) is 11.2. The molecule has 5 aromatic rings. The molecule has 8 rings (SSSR count). The van der Waals surface area contributed by atoms with Gasteiger partial charge in [0.25, 0.3) is 0 Å². The number of fused-ring (bicyclic) bond motifs is 2. The van der Waals surface area contributed by atoms with Gasteiger partial charge in [-0.05, 0) is 85.0 Å². The fourth-order valence-corrected chi connectivity index (χ4v) is 8.06. The molecule has 5 heterocycles. The van der Waals surface area contributed by atoms with Crippen LogP contribution in [0.4, 0.5) is 4.79 Å². The van der Waals surface area contributed by atoms with Gasteiger partial charge < -0.3 is 44.0 Å². The number of ether oxygens (including phenoxy) is 4. The van der Waals surface area contributed by atoms with Crippen LogP contribution in [0, 0.1) is 11.8 Å². The molecule has 2 aromatic heterocycles. The Morgan fingerprint density at radius 2 is 1.33 bits per heavy atom. The molecule has 4 atom stereocenters. The van der Waals surface area contributed by atoms with Crippen LogP contribution in [0.3, 0.4) is 0 Å². The van der Waals surface area contributed by atoms with Gasteiger partial charge in [-0.3, -0.25) is 14.9 Å². The van der Waals surface area contributed by atoms with Crippen LogP contribution in [0.5, 0.6) is 11.5 Å². The molecule has 0 spiro atoms. The number of hydrogen-bond acceptors (Lipinski definition) is 10. The minimum atomic E-state index is -0.691. The van der Waals surface area contributed by atoms with Crippen molar-refractivity contribution in [3.05, 3.63) is 72.3 Å². The van der Waals surface area contributed by atoms with Crippen LogP contribution in [0.25, 0.3) is 33.2 Å². The number of alkyl carbamates (subject to hydrolysis) is 1. The first-order valence-corrected chi connectivity index (χ1v) is 19.8. The summed E-state index contributed by atoms with van der Waals surface area (Å²) in [4.78, 5) is 59.7. The SMILES string of the molecule is COC(=O)N[C@H](C(=O)N1CCC[C@H]1c1nc2cc(-c3ccc(Oc4ccc5nc([C@@H]6CCCN6C(=O)[C@@H](NC6OCO6)C(C)C)[nH]c5c4)cc3)ccc2[nH]1)C(C)C. The Labute approximate surface area is 330 Å². The minimum Gasteiger partial charge on any atom is -0.457 e. The van der Waals surface area contributed by atoms with Crippen molar-refractivity contribution in [3.63, 3.8) is 0 Å². The Balaban J connectivity index is 0.934. The van der Waals surface area contributed by atoms with Crippen molar-refractivity contribution in [2.24, 2.45) is 11.8 Å². The number of rotatable bonds is 12. The summed E-state index contributed by atoms with van der Waals surface area (Å²) in [5.74, 6) is 2.68. The van der Waals surface area contributed by atoms with Gasteiger partial charge in [-0.2, -0.15) is 0 Å². The first-order chi connectivity index (χ1) is 27.6. The fourth-order valence-electron chi connectivity index (χ4n) is 8.06. The summed E-state index contributed by atoms with van der Waals surface area (Å²) in [6.07, 6.45) is 2.17. The van der Waals surface area contributed by atoms with Gasteiger partial charge in [0.2, 0.25) is 18.2 Å². The molecule has 57 heavy (non-hydrogen) atoms. The maximum Gasteiger partial charge on any atom is 0.407 e. The summed E-state index contributed by atoms with van der Waals surface area (Å²) in [6.45, 7) is 9.33. The predicted molar refractivity (Wildman–Crippen MR) is 212 cm³/mol. The first-order valence-electron chi connectivity index (χ1n) is 19.8. The highest BCUT2D eigenvalue weighted by Gasteiger charge is 2.39. The van der Waals surface area contributed by atoms with Gasteiger partial charge in [0.05, 0.1) is 47.3 Å². The van der Waals surface area contributed by atoms with Crippen molar-refractivity contribution in [2.45, 2.75) is 84.0 Å². The second-order valence-electron chi connectivity index (χ2n) is 15.7. The molecule has 0 unspecified atom stereocenters. The summed E-state index contributed by atoms with van der Waals surface area (Å²) in [6, 6.07) is 18.3. The number of nitrogens with one attached hydrogen (secondary N) is 4. The Bertz CT molecular complexity index is 2250. The third-order valence-electron chi connectivity index (χ3n) is 11.2. The summed E-state index contributed by atoms with van der Waals surface area (Å²) < 4.78 is 21.8. The topological polar surface area (TPSA) is 176 Å². The summed E-state index contributed by atoms with van der Waals surface area (Å²) >= 11 is 0. The highest BCUT2D eigenvalue weighted by molar-refractivity contribution is 5.87. The largest absolute Gasteiger partial charge is 0.457 e. The second kappa shape index (κ2) is 16.2. The molecule has 3 saturated heterocycles. The first kappa shape index (κ1) is 38.4. The minimum absolute atomic E-state index is 0.0185. The van der Waals surface area contributed by atoms with E-state index in [1.165, 1.54) is 7.11 Å². The number of aromatic amines is 2. The number of nitrogens with zero attached hydrogens (tertiary/aromatic N) is 4. The molecule has 0 radical (unpaired) electrons. The summed E-state index contributed by atoms with van der Waals surface area (Å²) in [5.41, 5.74) is 5.34. The number of imidazole rings is 2. The Morgan fingerprint density at radius 3 is 1.95 bits per heavy atom. The molecule has 4 N–H and O–H groups in total. The van der Waals surface area contributed by atoms with Gasteiger partial charge in [0.1, 0.15) is 29.2 Å². The molecule has 15 nitrogen and oxygen atoms in total. The van der Waals surface area contributed by atoms with Gasteiger partial charge >= 0.3 is 6.09 Å². The summed E-state index contributed by atoms with van der Waals surface area (Å²) in [7, 11) is 1.29. The van der Waals surface area contributed by atoms with Crippen molar-refractivity contribution >= 4 is 40.0 Å². The van der Waals surface area contributed by atoms with E-state index in [1.807, 2.05) is 98.2 Å². The van der Waals surface area contributed by atoms with E-state index >= 15 is 0 Å². The normalized spacial score (nSPS) is 19.7. The van der Waals surface area contributed by atoms with Gasteiger partial charge in [0, 0.05) is 19.2 Å². The van der Waals surface area contributed by atoms with Crippen molar-refractivity contribution in [1.82, 2.24) is 40.4 Å². The number of methoxy groups -OCH3 is 1. The lowest BCUT2D eigenvalue weighted by Crippen LogP contribution is -2.56. The molecule has 300 valence electrons. The number of aromatic nitrogens is 4. The lowest BCUT2D eigenvalue weighted by Gasteiger charge is -2.35. The van der Waals surface area contributed by atoms with E-state index in [2.05, 4.69) is 20.6 Å². The van der Waals surface area contributed by atoms with Crippen LogP contribution in [0.15, 0.2) is 60.7 Å². The van der Waals surface area contributed by atoms with E-state index in [4.69, 9.17) is 28.9 Å². The molecule has 0 aliphatic carbocycles. The molecule has 3 aliphatic heterocycles. The monoisotopic (exact) mass is 778 g/mol. The molecular weight excluding hydrogens is 729 g/mol. The van der Waals surface area contributed by atoms with Crippen molar-refractivity contribution in [3.8, 4) is 22.6 Å². The van der Waals surface area contributed by atoms with Crippen LogP contribution in [-0.4, -0.2) is 93.1 Å².